The maximum Gasteiger partial charge on any atom is 0.337 e. The van der Waals surface area contributed by atoms with Crippen molar-refractivity contribution in [3.63, 3.8) is 0 Å². The quantitative estimate of drug-likeness (QED) is 0.669. The number of carbonyl (C=O) groups excluding carboxylic acids is 1. The summed E-state index contributed by atoms with van der Waals surface area (Å²) in [4.78, 5) is 24.2. The number of carboxylic acids is 1. The van der Waals surface area contributed by atoms with Crippen LogP contribution in [0.25, 0.3) is 6.08 Å². The predicted octanol–water partition coefficient (Wildman–Crippen LogP) is 4.60. The Hall–Kier alpha value is -3.03. The fraction of sp³-hybridized carbons (Fsp3) is 0.150. The molecule has 0 saturated carbocycles. The van der Waals surface area contributed by atoms with Gasteiger partial charge in [-0.05, 0) is 55.8 Å². The van der Waals surface area contributed by atoms with Gasteiger partial charge < -0.3 is 14.9 Å². The van der Waals surface area contributed by atoms with Crippen molar-refractivity contribution in [3.05, 3.63) is 57.1 Å². The summed E-state index contributed by atoms with van der Waals surface area (Å²) >= 11 is 11.9. The van der Waals surface area contributed by atoms with E-state index in [9.17, 15) is 19.8 Å². The molecule has 0 fully saturated rings. The Labute approximate surface area is 176 Å². The Kier molecular flexibility index (Phi) is 5.81. The zero-order valence-electron chi connectivity index (χ0n) is 15.4. The number of aromatic hydroxyl groups is 1. The third kappa shape index (κ3) is 4.06. The monoisotopic (exact) mass is 434 g/mol. The SMILES string of the molecule is CCOc1cc(C=C2C(=O)N(c3ccc(Cl)c(C(=O)O)c3)N=C2C)cc(Cl)c1O. The molecule has 1 aliphatic heterocycles. The molecule has 29 heavy (non-hydrogen) atoms. The second-order valence-electron chi connectivity index (χ2n) is 6.11. The maximum atomic E-state index is 12.9. The van der Waals surface area contributed by atoms with Crippen LogP contribution in [0.4, 0.5) is 5.69 Å². The van der Waals surface area contributed by atoms with Gasteiger partial charge in [0.25, 0.3) is 5.91 Å². The zero-order chi connectivity index (χ0) is 21.3. The van der Waals surface area contributed by atoms with Crippen LogP contribution in [0, 0.1) is 0 Å². The van der Waals surface area contributed by atoms with Crippen molar-refractivity contribution < 1.29 is 24.5 Å². The highest BCUT2D eigenvalue weighted by atomic mass is 35.5. The first-order valence-electron chi connectivity index (χ1n) is 8.52. The fourth-order valence-corrected chi connectivity index (χ4v) is 3.20. The van der Waals surface area contributed by atoms with Crippen molar-refractivity contribution in [2.45, 2.75) is 13.8 Å². The lowest BCUT2D eigenvalue weighted by molar-refractivity contribution is -0.114. The van der Waals surface area contributed by atoms with Crippen LogP contribution in [0.3, 0.4) is 0 Å². The molecule has 2 aromatic carbocycles. The molecule has 2 N–H and O–H groups in total. The summed E-state index contributed by atoms with van der Waals surface area (Å²) in [6.45, 7) is 3.76. The van der Waals surface area contributed by atoms with Crippen LogP contribution in [-0.2, 0) is 4.79 Å². The van der Waals surface area contributed by atoms with E-state index in [0.29, 0.717) is 23.5 Å². The number of benzene rings is 2. The van der Waals surface area contributed by atoms with E-state index in [2.05, 4.69) is 5.10 Å². The maximum absolute atomic E-state index is 12.9. The molecule has 0 aromatic heterocycles. The molecule has 1 amide bonds. The lowest BCUT2D eigenvalue weighted by Crippen LogP contribution is -2.21. The fourth-order valence-electron chi connectivity index (χ4n) is 2.78. The van der Waals surface area contributed by atoms with Gasteiger partial charge in [-0.15, -0.1) is 0 Å². The van der Waals surface area contributed by atoms with Gasteiger partial charge >= 0.3 is 5.97 Å². The summed E-state index contributed by atoms with van der Waals surface area (Å²) in [7, 11) is 0. The van der Waals surface area contributed by atoms with Gasteiger partial charge in [-0.25, -0.2) is 4.79 Å². The van der Waals surface area contributed by atoms with Crippen LogP contribution < -0.4 is 9.75 Å². The first-order valence-corrected chi connectivity index (χ1v) is 9.28. The molecule has 0 unspecified atom stereocenters. The van der Waals surface area contributed by atoms with Gasteiger partial charge in [-0.2, -0.15) is 10.1 Å². The van der Waals surface area contributed by atoms with E-state index >= 15 is 0 Å². The molecular formula is C20H16Cl2N2O5. The van der Waals surface area contributed by atoms with Crippen LogP contribution >= 0.6 is 23.2 Å². The molecule has 9 heteroatoms. The Bertz CT molecular complexity index is 1080. The van der Waals surface area contributed by atoms with Crippen molar-refractivity contribution >= 4 is 52.6 Å². The number of ether oxygens (including phenoxy) is 1. The Morgan fingerprint density at radius 2 is 1.97 bits per heavy atom. The van der Waals surface area contributed by atoms with Crippen LogP contribution in [0.1, 0.15) is 29.8 Å². The molecular weight excluding hydrogens is 419 g/mol. The number of carbonyl (C=O) groups is 2. The Morgan fingerprint density at radius 3 is 2.62 bits per heavy atom. The molecule has 0 aliphatic carbocycles. The van der Waals surface area contributed by atoms with E-state index in [1.165, 1.54) is 24.3 Å². The zero-order valence-corrected chi connectivity index (χ0v) is 17.0. The third-order valence-electron chi connectivity index (χ3n) is 4.15. The number of hydrazone groups is 1. The van der Waals surface area contributed by atoms with Crippen molar-refractivity contribution in [2.24, 2.45) is 5.10 Å². The van der Waals surface area contributed by atoms with Crippen LogP contribution in [0.5, 0.6) is 11.5 Å². The topological polar surface area (TPSA) is 99.4 Å². The lowest BCUT2D eigenvalue weighted by Gasteiger charge is -2.13. The average Bonchev–Trinajstić information content (AvgIpc) is 2.94. The standard InChI is InChI=1S/C20H16Cl2N2O5/c1-3-29-17-8-11(7-16(22)18(17)25)6-13-10(2)23-24(19(13)26)12-4-5-15(21)14(9-12)20(27)28/h4-9,25H,3H2,1-2H3,(H,27,28). The van der Waals surface area contributed by atoms with E-state index in [-0.39, 0.29) is 32.8 Å². The van der Waals surface area contributed by atoms with Crippen LogP contribution in [0.2, 0.25) is 10.0 Å². The van der Waals surface area contributed by atoms with Gasteiger partial charge in [-0.1, -0.05) is 23.2 Å². The average molecular weight is 435 g/mol. The summed E-state index contributed by atoms with van der Waals surface area (Å²) in [6, 6.07) is 7.25. The minimum Gasteiger partial charge on any atom is -0.503 e. The summed E-state index contributed by atoms with van der Waals surface area (Å²) < 4.78 is 5.36. The highest BCUT2D eigenvalue weighted by molar-refractivity contribution is 6.35. The number of nitrogens with zero attached hydrogens (tertiary/aromatic N) is 2. The summed E-state index contributed by atoms with van der Waals surface area (Å²) in [5, 5.41) is 24.7. The molecule has 3 rings (SSSR count). The van der Waals surface area contributed by atoms with Gasteiger partial charge in [-0.3, -0.25) is 4.79 Å². The van der Waals surface area contributed by atoms with Crippen molar-refractivity contribution in [3.8, 4) is 11.5 Å². The first kappa shape index (κ1) is 20.7. The summed E-state index contributed by atoms with van der Waals surface area (Å²) in [5.74, 6) is -1.62. The molecule has 0 saturated heterocycles. The normalized spacial score (nSPS) is 15.0. The lowest BCUT2D eigenvalue weighted by atomic mass is 10.1. The number of hydrogen-bond donors (Lipinski definition) is 2. The Balaban J connectivity index is 1.99. The molecule has 0 radical (unpaired) electrons. The van der Waals surface area contributed by atoms with Gasteiger partial charge in [0.15, 0.2) is 11.5 Å². The van der Waals surface area contributed by atoms with Crippen molar-refractivity contribution in [2.75, 3.05) is 11.6 Å². The number of carboxylic acid groups (broad SMARTS) is 1. The number of halogens is 2. The molecule has 150 valence electrons. The van der Waals surface area contributed by atoms with E-state index in [1.807, 2.05) is 0 Å². The smallest absolute Gasteiger partial charge is 0.337 e. The highest BCUT2D eigenvalue weighted by Crippen LogP contribution is 2.36. The van der Waals surface area contributed by atoms with Crippen LogP contribution in [0.15, 0.2) is 41.0 Å². The van der Waals surface area contributed by atoms with Crippen LogP contribution in [-0.4, -0.2) is 34.4 Å². The number of phenols is 1. The first-order chi connectivity index (χ1) is 13.7. The number of hydrogen-bond acceptors (Lipinski definition) is 5. The van der Waals surface area contributed by atoms with E-state index in [0.717, 1.165) is 5.01 Å². The van der Waals surface area contributed by atoms with Gasteiger partial charge in [0, 0.05) is 0 Å². The number of amides is 1. The highest BCUT2D eigenvalue weighted by Gasteiger charge is 2.29. The van der Waals surface area contributed by atoms with Crippen molar-refractivity contribution in [1.82, 2.24) is 0 Å². The van der Waals surface area contributed by atoms with Gasteiger partial charge in [0.05, 0.1) is 39.2 Å². The third-order valence-corrected chi connectivity index (χ3v) is 4.77. The van der Waals surface area contributed by atoms with Crippen molar-refractivity contribution in [1.29, 1.82) is 0 Å². The number of aromatic carboxylic acids is 1. The molecule has 0 spiro atoms. The molecule has 7 nitrogen and oxygen atoms in total. The second kappa shape index (κ2) is 8.14. The summed E-state index contributed by atoms with van der Waals surface area (Å²) in [5.41, 5.74) is 1.41. The molecule has 2 aromatic rings. The predicted molar refractivity (Wildman–Crippen MR) is 111 cm³/mol. The van der Waals surface area contributed by atoms with E-state index < -0.39 is 11.9 Å². The van der Waals surface area contributed by atoms with Gasteiger partial charge in [0.2, 0.25) is 0 Å². The molecule has 0 atom stereocenters. The number of rotatable bonds is 5. The van der Waals surface area contributed by atoms with Gasteiger partial charge in [0.1, 0.15) is 0 Å². The minimum atomic E-state index is -1.21. The summed E-state index contributed by atoms with van der Waals surface area (Å²) in [6.07, 6.45) is 1.57. The minimum absolute atomic E-state index is 0.0616. The van der Waals surface area contributed by atoms with E-state index in [4.69, 9.17) is 27.9 Å². The molecule has 1 heterocycles. The second-order valence-corrected chi connectivity index (χ2v) is 6.93. The number of phenolic OH excluding ortho intramolecular Hbond substituents is 1. The Morgan fingerprint density at radius 1 is 1.24 bits per heavy atom. The number of anilines is 1. The van der Waals surface area contributed by atoms with E-state index in [1.54, 1.807) is 26.0 Å². The molecule has 0 bridgehead atoms. The molecule has 1 aliphatic rings. The largest absolute Gasteiger partial charge is 0.503 e.